The Kier molecular flexibility index (Phi) is 4.94. The van der Waals surface area contributed by atoms with Crippen molar-refractivity contribution in [3.05, 3.63) is 28.4 Å². The quantitative estimate of drug-likeness (QED) is 0.897. The van der Waals surface area contributed by atoms with E-state index >= 15 is 0 Å². The number of carbonyl (C=O) groups is 1. The molecule has 0 spiro atoms. The lowest BCUT2D eigenvalue weighted by atomic mass is 9.95. The highest BCUT2D eigenvalue weighted by Gasteiger charge is 2.39. The van der Waals surface area contributed by atoms with Crippen molar-refractivity contribution in [1.29, 1.82) is 0 Å². The number of aromatic nitrogens is 2. The van der Waals surface area contributed by atoms with Crippen LogP contribution in [0.15, 0.2) is 11.5 Å². The first-order valence-corrected chi connectivity index (χ1v) is 9.06. The number of amides is 1. The summed E-state index contributed by atoms with van der Waals surface area (Å²) in [6.45, 7) is 1.76. The van der Waals surface area contributed by atoms with Crippen molar-refractivity contribution in [2.24, 2.45) is 0 Å². The van der Waals surface area contributed by atoms with Crippen molar-refractivity contribution in [3.8, 4) is 0 Å². The fourth-order valence-electron chi connectivity index (χ4n) is 3.28. The van der Waals surface area contributed by atoms with Crippen LogP contribution in [0.1, 0.15) is 43.1 Å². The maximum absolute atomic E-state index is 13.2. The molecule has 0 saturated carbocycles. The molecule has 2 atom stereocenters. The first-order valence-electron chi connectivity index (χ1n) is 8.12. The number of allylic oxidation sites excluding steroid dienone is 1. The van der Waals surface area contributed by atoms with Gasteiger partial charge in [-0.1, -0.05) is 6.08 Å². The summed E-state index contributed by atoms with van der Waals surface area (Å²) in [6.07, 6.45) is 0.965. The van der Waals surface area contributed by atoms with E-state index < -0.39 is 11.9 Å². The topological polar surface area (TPSA) is 46.9 Å². The van der Waals surface area contributed by atoms with E-state index in [-0.39, 0.29) is 29.3 Å². The Morgan fingerprint density at radius 1 is 1.46 bits per heavy atom. The van der Waals surface area contributed by atoms with Gasteiger partial charge in [0.15, 0.2) is 5.69 Å². The maximum atomic E-state index is 13.2. The molecule has 0 bridgehead atoms. The van der Waals surface area contributed by atoms with E-state index in [2.05, 4.69) is 16.5 Å². The summed E-state index contributed by atoms with van der Waals surface area (Å²) < 4.78 is 40.7. The fourth-order valence-corrected chi connectivity index (χ4v) is 4.23. The van der Waals surface area contributed by atoms with Gasteiger partial charge in [0.25, 0.3) is 0 Å². The van der Waals surface area contributed by atoms with E-state index in [1.807, 2.05) is 12.3 Å². The molecule has 2 heterocycles. The second kappa shape index (κ2) is 6.82. The second-order valence-electron chi connectivity index (χ2n) is 6.27. The van der Waals surface area contributed by atoms with Crippen molar-refractivity contribution < 1.29 is 18.0 Å². The molecule has 0 saturated heterocycles. The van der Waals surface area contributed by atoms with E-state index in [1.165, 1.54) is 4.68 Å². The van der Waals surface area contributed by atoms with Crippen LogP contribution in [0.2, 0.25) is 0 Å². The summed E-state index contributed by atoms with van der Waals surface area (Å²) >= 11 is 1.66. The molecule has 1 N–H and O–H groups in total. The van der Waals surface area contributed by atoms with Crippen LogP contribution in [0.25, 0.3) is 0 Å². The van der Waals surface area contributed by atoms with Crippen LogP contribution in [0.4, 0.5) is 13.2 Å². The molecule has 1 aliphatic carbocycles. The van der Waals surface area contributed by atoms with Crippen LogP contribution in [-0.2, 0) is 30.4 Å². The zero-order valence-corrected chi connectivity index (χ0v) is 14.2. The van der Waals surface area contributed by atoms with E-state index in [1.54, 1.807) is 11.8 Å². The number of carbonyl (C=O) groups excluding carboxylic acids is 1. The summed E-state index contributed by atoms with van der Waals surface area (Å²) in [5.74, 6) is -0.292. The van der Waals surface area contributed by atoms with Crippen LogP contribution in [0.3, 0.4) is 0 Å². The van der Waals surface area contributed by atoms with Crippen molar-refractivity contribution in [2.45, 2.75) is 63.0 Å². The number of nitrogens with zero attached hydrogens (tertiary/aromatic N) is 2. The molecule has 8 heteroatoms. The van der Waals surface area contributed by atoms with E-state index in [9.17, 15) is 18.0 Å². The van der Waals surface area contributed by atoms with Gasteiger partial charge >= 0.3 is 6.18 Å². The van der Waals surface area contributed by atoms with Crippen LogP contribution >= 0.6 is 11.8 Å². The standard InChI is InChI=1S/C16H20F3N3OS/c1-10(13-7-4-8-24-13)20-14(23)9-22-12-6-3-2-5-11(12)15(21-22)16(17,18)19/h4,8,10,13H,2-3,5-7,9H2,1H3,(H,20,23). The number of alkyl halides is 3. The van der Waals surface area contributed by atoms with E-state index in [0.29, 0.717) is 18.5 Å². The van der Waals surface area contributed by atoms with Crippen molar-refractivity contribution in [3.63, 3.8) is 0 Å². The summed E-state index contributed by atoms with van der Waals surface area (Å²) in [6, 6.07) is -0.0361. The Morgan fingerprint density at radius 3 is 2.88 bits per heavy atom. The van der Waals surface area contributed by atoms with Crippen LogP contribution < -0.4 is 5.32 Å². The molecule has 3 rings (SSSR count). The second-order valence-corrected chi connectivity index (χ2v) is 7.42. The molecule has 1 aromatic rings. The Morgan fingerprint density at radius 2 is 2.21 bits per heavy atom. The number of fused-ring (bicyclic) bond motifs is 1. The predicted molar refractivity (Wildman–Crippen MR) is 86.6 cm³/mol. The van der Waals surface area contributed by atoms with Crippen molar-refractivity contribution in [1.82, 2.24) is 15.1 Å². The monoisotopic (exact) mass is 359 g/mol. The number of halogens is 3. The third kappa shape index (κ3) is 3.63. The first kappa shape index (κ1) is 17.4. The maximum Gasteiger partial charge on any atom is 0.435 e. The predicted octanol–water partition coefficient (Wildman–Crippen LogP) is 3.30. The zero-order valence-electron chi connectivity index (χ0n) is 13.4. The minimum absolute atomic E-state index is 0.0361. The van der Waals surface area contributed by atoms with E-state index in [4.69, 9.17) is 0 Å². The first-order chi connectivity index (χ1) is 11.4. The van der Waals surface area contributed by atoms with Gasteiger partial charge in [-0.2, -0.15) is 18.3 Å². The van der Waals surface area contributed by atoms with Gasteiger partial charge in [-0.15, -0.1) is 11.8 Å². The Balaban J connectivity index is 1.72. The molecule has 0 fully saturated rings. The third-order valence-corrected chi connectivity index (χ3v) is 5.78. The normalized spacial score (nSPS) is 21.6. The Hall–Kier alpha value is -1.44. The largest absolute Gasteiger partial charge is 0.435 e. The summed E-state index contributed by atoms with van der Waals surface area (Å²) in [4.78, 5) is 12.2. The van der Waals surface area contributed by atoms with Gasteiger partial charge in [0.1, 0.15) is 6.54 Å². The lowest BCUT2D eigenvalue weighted by Gasteiger charge is -2.20. The van der Waals surface area contributed by atoms with Gasteiger partial charge in [-0.05, 0) is 44.4 Å². The molecule has 4 nitrogen and oxygen atoms in total. The molecular weight excluding hydrogens is 339 g/mol. The van der Waals surface area contributed by atoms with E-state index in [0.717, 1.165) is 19.3 Å². The molecular formula is C16H20F3N3OS. The van der Waals surface area contributed by atoms with Gasteiger partial charge in [-0.25, -0.2) is 0 Å². The smallest absolute Gasteiger partial charge is 0.351 e. The molecule has 2 aliphatic rings. The highest BCUT2D eigenvalue weighted by atomic mass is 32.2. The van der Waals surface area contributed by atoms with Crippen LogP contribution in [0.5, 0.6) is 0 Å². The van der Waals surface area contributed by atoms with Crippen molar-refractivity contribution >= 4 is 17.7 Å². The average Bonchev–Trinajstić information content (AvgIpc) is 3.15. The molecule has 1 aliphatic heterocycles. The summed E-state index contributed by atoms with van der Waals surface area (Å²) in [5, 5.41) is 8.89. The summed E-state index contributed by atoms with van der Waals surface area (Å²) in [5.41, 5.74) is 0.00651. The fraction of sp³-hybridized carbons (Fsp3) is 0.625. The molecule has 1 amide bonds. The van der Waals surface area contributed by atoms with Gasteiger partial charge in [-0.3, -0.25) is 9.48 Å². The number of thioether (sulfide) groups is 1. The average molecular weight is 359 g/mol. The minimum atomic E-state index is -4.47. The minimum Gasteiger partial charge on any atom is -0.351 e. The molecule has 132 valence electrons. The van der Waals surface area contributed by atoms with Crippen LogP contribution in [0, 0.1) is 0 Å². The highest BCUT2D eigenvalue weighted by molar-refractivity contribution is 8.03. The Labute approximate surface area is 142 Å². The SMILES string of the molecule is CC(NC(=O)Cn1nc(C(F)(F)F)c2c1CCCC2)C1CC=CS1. The molecule has 24 heavy (non-hydrogen) atoms. The molecule has 0 radical (unpaired) electrons. The number of hydrogen-bond acceptors (Lipinski definition) is 3. The number of rotatable bonds is 4. The molecule has 0 aromatic carbocycles. The number of nitrogens with one attached hydrogen (secondary N) is 1. The van der Waals surface area contributed by atoms with Gasteiger partial charge < -0.3 is 5.32 Å². The highest BCUT2D eigenvalue weighted by Crippen LogP contribution is 2.35. The van der Waals surface area contributed by atoms with Gasteiger partial charge in [0, 0.05) is 22.5 Å². The van der Waals surface area contributed by atoms with Crippen LogP contribution in [-0.4, -0.2) is 27.0 Å². The lowest BCUT2D eigenvalue weighted by molar-refractivity contribution is -0.142. The van der Waals surface area contributed by atoms with Gasteiger partial charge in [0.2, 0.25) is 5.91 Å². The third-order valence-electron chi connectivity index (χ3n) is 4.48. The summed E-state index contributed by atoms with van der Waals surface area (Å²) in [7, 11) is 0. The molecule has 1 aromatic heterocycles. The Bertz CT molecular complexity index is 646. The molecule has 2 unspecified atom stereocenters. The zero-order chi connectivity index (χ0) is 17.3. The van der Waals surface area contributed by atoms with Gasteiger partial charge in [0.05, 0.1) is 0 Å². The van der Waals surface area contributed by atoms with Crippen molar-refractivity contribution in [2.75, 3.05) is 0 Å². The lowest BCUT2D eigenvalue weighted by Crippen LogP contribution is -2.41. The number of hydrogen-bond donors (Lipinski definition) is 1.